The van der Waals surface area contributed by atoms with Crippen LogP contribution in [0, 0.1) is 11.6 Å². The first kappa shape index (κ1) is 14.7. The molecule has 0 saturated heterocycles. The van der Waals surface area contributed by atoms with Crippen LogP contribution in [0.2, 0.25) is 5.02 Å². The molecule has 0 aromatic heterocycles. The molecule has 20 heavy (non-hydrogen) atoms. The van der Waals surface area contributed by atoms with Crippen molar-refractivity contribution in [3.63, 3.8) is 0 Å². The maximum absolute atomic E-state index is 13.5. The zero-order chi connectivity index (χ0) is 14.9. The van der Waals surface area contributed by atoms with Crippen LogP contribution in [-0.2, 0) is 15.6 Å². The lowest BCUT2D eigenvalue weighted by molar-refractivity contribution is 0.578. The SMILES string of the molecule is Nc1ccc(S(=O)(=O)Cc2cc(F)ccc2F)cc1Cl. The molecule has 0 saturated carbocycles. The molecule has 0 spiro atoms. The van der Waals surface area contributed by atoms with E-state index in [4.69, 9.17) is 17.3 Å². The Balaban J connectivity index is 2.40. The Morgan fingerprint density at radius 3 is 2.45 bits per heavy atom. The lowest BCUT2D eigenvalue weighted by Crippen LogP contribution is -2.07. The number of halogens is 3. The second-order valence-electron chi connectivity index (χ2n) is 4.18. The smallest absolute Gasteiger partial charge is 0.182 e. The average Bonchev–Trinajstić information content (AvgIpc) is 2.36. The maximum Gasteiger partial charge on any atom is 0.182 e. The molecule has 2 N–H and O–H groups in total. The highest BCUT2D eigenvalue weighted by molar-refractivity contribution is 7.90. The lowest BCUT2D eigenvalue weighted by atomic mass is 10.2. The minimum Gasteiger partial charge on any atom is -0.398 e. The Morgan fingerprint density at radius 1 is 1.10 bits per heavy atom. The summed E-state index contributed by atoms with van der Waals surface area (Å²) in [7, 11) is -3.84. The molecule has 0 heterocycles. The van der Waals surface area contributed by atoms with Gasteiger partial charge < -0.3 is 5.73 Å². The van der Waals surface area contributed by atoms with Gasteiger partial charge in [-0.25, -0.2) is 17.2 Å². The zero-order valence-electron chi connectivity index (χ0n) is 10.1. The third-order valence-electron chi connectivity index (χ3n) is 2.68. The van der Waals surface area contributed by atoms with E-state index in [9.17, 15) is 17.2 Å². The highest BCUT2D eigenvalue weighted by Crippen LogP contribution is 2.25. The summed E-state index contributed by atoms with van der Waals surface area (Å²) in [5.41, 5.74) is 5.49. The van der Waals surface area contributed by atoms with Gasteiger partial charge in [0.25, 0.3) is 0 Å². The Bertz CT molecular complexity index is 763. The number of hydrogen-bond acceptors (Lipinski definition) is 3. The summed E-state index contributed by atoms with van der Waals surface area (Å²) in [5.74, 6) is -2.14. The Hall–Kier alpha value is -1.66. The molecular weight excluding hydrogens is 308 g/mol. The second-order valence-corrected chi connectivity index (χ2v) is 6.57. The van der Waals surface area contributed by atoms with E-state index in [1.807, 2.05) is 0 Å². The topological polar surface area (TPSA) is 60.2 Å². The molecule has 0 amide bonds. The van der Waals surface area contributed by atoms with E-state index in [2.05, 4.69) is 0 Å². The Labute approximate surface area is 119 Å². The molecular formula is C13H10ClF2NO2S. The van der Waals surface area contributed by atoms with E-state index in [0.29, 0.717) is 0 Å². The van der Waals surface area contributed by atoms with Crippen molar-refractivity contribution in [2.24, 2.45) is 0 Å². The highest BCUT2D eigenvalue weighted by Gasteiger charge is 2.19. The van der Waals surface area contributed by atoms with Crippen molar-refractivity contribution < 1.29 is 17.2 Å². The third kappa shape index (κ3) is 3.08. The molecule has 2 aromatic carbocycles. The summed E-state index contributed by atoms with van der Waals surface area (Å²) in [4.78, 5) is -0.0969. The summed E-state index contributed by atoms with van der Waals surface area (Å²) in [6.07, 6.45) is 0. The second kappa shape index (κ2) is 5.38. The van der Waals surface area contributed by atoms with Crippen molar-refractivity contribution in [3.05, 3.63) is 58.6 Å². The number of nitrogen functional groups attached to an aromatic ring is 1. The predicted octanol–water partition coefficient (Wildman–Crippen LogP) is 3.17. The number of benzene rings is 2. The standard InChI is InChI=1S/C13H10ClF2NO2S/c14-11-6-10(2-4-13(11)17)20(18,19)7-8-5-9(15)1-3-12(8)16/h1-6H,7,17H2. The first-order valence-electron chi connectivity index (χ1n) is 5.51. The molecule has 0 atom stereocenters. The number of rotatable bonds is 3. The molecule has 3 nitrogen and oxygen atoms in total. The minimum absolute atomic E-state index is 0.0887. The molecule has 0 aliphatic heterocycles. The van der Waals surface area contributed by atoms with Crippen molar-refractivity contribution in [2.75, 3.05) is 5.73 Å². The van der Waals surface area contributed by atoms with Gasteiger partial charge in [-0.1, -0.05) is 11.6 Å². The van der Waals surface area contributed by atoms with Gasteiger partial charge in [0.05, 0.1) is 21.4 Å². The van der Waals surface area contributed by atoms with Crippen molar-refractivity contribution in [2.45, 2.75) is 10.6 Å². The van der Waals surface area contributed by atoms with Crippen LogP contribution in [0.3, 0.4) is 0 Å². The number of anilines is 1. The minimum atomic E-state index is -3.84. The normalized spacial score (nSPS) is 11.6. The fourth-order valence-electron chi connectivity index (χ4n) is 1.64. The summed E-state index contributed by atoms with van der Waals surface area (Å²) >= 11 is 5.76. The first-order chi connectivity index (χ1) is 9.29. The average molecular weight is 318 g/mol. The molecule has 2 rings (SSSR count). The molecule has 0 radical (unpaired) electrons. The first-order valence-corrected chi connectivity index (χ1v) is 7.54. The van der Waals surface area contributed by atoms with E-state index in [1.54, 1.807) is 0 Å². The summed E-state index contributed by atoms with van der Waals surface area (Å²) in [6, 6.07) is 6.46. The van der Waals surface area contributed by atoms with Crippen LogP contribution in [0.4, 0.5) is 14.5 Å². The van der Waals surface area contributed by atoms with Crippen LogP contribution in [0.5, 0.6) is 0 Å². The largest absolute Gasteiger partial charge is 0.398 e. The third-order valence-corrected chi connectivity index (χ3v) is 4.67. The molecule has 0 aliphatic rings. The van der Waals surface area contributed by atoms with Crippen molar-refractivity contribution >= 4 is 27.1 Å². The van der Waals surface area contributed by atoms with Crippen molar-refractivity contribution in [3.8, 4) is 0 Å². The van der Waals surface area contributed by atoms with Gasteiger partial charge in [-0.3, -0.25) is 0 Å². The molecule has 0 aliphatic carbocycles. The van der Waals surface area contributed by atoms with Gasteiger partial charge in [0.1, 0.15) is 11.6 Å². The fraction of sp³-hybridized carbons (Fsp3) is 0.0769. The van der Waals surface area contributed by atoms with E-state index in [-0.39, 0.29) is 21.2 Å². The zero-order valence-corrected chi connectivity index (χ0v) is 11.7. The monoisotopic (exact) mass is 317 g/mol. The van der Waals surface area contributed by atoms with E-state index < -0.39 is 27.2 Å². The van der Waals surface area contributed by atoms with Gasteiger partial charge in [-0.05, 0) is 36.4 Å². The van der Waals surface area contributed by atoms with Crippen LogP contribution in [0.15, 0.2) is 41.3 Å². The van der Waals surface area contributed by atoms with E-state index in [1.165, 1.54) is 18.2 Å². The van der Waals surface area contributed by atoms with Gasteiger partial charge in [0.2, 0.25) is 0 Å². The van der Waals surface area contributed by atoms with Gasteiger partial charge in [-0.15, -0.1) is 0 Å². The Kier molecular flexibility index (Phi) is 3.96. The predicted molar refractivity (Wildman–Crippen MR) is 73.1 cm³/mol. The lowest BCUT2D eigenvalue weighted by Gasteiger charge is -2.07. The molecule has 0 fully saturated rings. The Morgan fingerprint density at radius 2 is 1.80 bits per heavy atom. The van der Waals surface area contributed by atoms with Crippen molar-refractivity contribution in [1.29, 1.82) is 0 Å². The van der Waals surface area contributed by atoms with Gasteiger partial charge in [0.15, 0.2) is 9.84 Å². The number of sulfone groups is 1. The molecule has 2 aromatic rings. The van der Waals surface area contributed by atoms with Gasteiger partial charge in [-0.2, -0.15) is 0 Å². The summed E-state index contributed by atoms with van der Waals surface area (Å²) in [5, 5.41) is 0.0887. The van der Waals surface area contributed by atoms with Crippen LogP contribution in [-0.4, -0.2) is 8.42 Å². The van der Waals surface area contributed by atoms with Crippen LogP contribution < -0.4 is 5.73 Å². The summed E-state index contributed by atoms with van der Waals surface area (Å²) in [6.45, 7) is 0. The van der Waals surface area contributed by atoms with Crippen LogP contribution in [0.1, 0.15) is 5.56 Å². The van der Waals surface area contributed by atoms with Gasteiger partial charge in [0, 0.05) is 5.56 Å². The van der Waals surface area contributed by atoms with E-state index >= 15 is 0 Å². The molecule has 0 unspecified atom stereocenters. The van der Waals surface area contributed by atoms with Crippen LogP contribution >= 0.6 is 11.6 Å². The quantitative estimate of drug-likeness (QED) is 0.884. The molecule has 106 valence electrons. The van der Waals surface area contributed by atoms with Gasteiger partial charge >= 0.3 is 0 Å². The van der Waals surface area contributed by atoms with Crippen molar-refractivity contribution in [1.82, 2.24) is 0 Å². The molecule has 7 heteroatoms. The maximum atomic E-state index is 13.5. The van der Waals surface area contributed by atoms with E-state index in [0.717, 1.165) is 18.2 Å². The summed E-state index contributed by atoms with van der Waals surface area (Å²) < 4.78 is 50.8. The molecule has 0 bridgehead atoms. The van der Waals surface area contributed by atoms with Crippen LogP contribution in [0.25, 0.3) is 0 Å². The fourth-order valence-corrected chi connectivity index (χ4v) is 3.26. The number of nitrogens with two attached hydrogens (primary N) is 1. The number of hydrogen-bond donors (Lipinski definition) is 1. The highest BCUT2D eigenvalue weighted by atomic mass is 35.5.